The van der Waals surface area contributed by atoms with E-state index in [2.05, 4.69) is 9.42 Å². The van der Waals surface area contributed by atoms with Gasteiger partial charge in [0.05, 0.1) is 0 Å². The summed E-state index contributed by atoms with van der Waals surface area (Å²) >= 11 is 1.48. The van der Waals surface area contributed by atoms with E-state index in [4.69, 9.17) is 0 Å². The van der Waals surface area contributed by atoms with E-state index in [9.17, 15) is 4.79 Å². The summed E-state index contributed by atoms with van der Waals surface area (Å²) in [6, 6.07) is 0. The van der Waals surface area contributed by atoms with Gasteiger partial charge >= 0.3 is 90.3 Å². The van der Waals surface area contributed by atoms with Crippen LogP contribution in [-0.2, 0) is 24.1 Å². The first kappa shape index (κ1) is 11.1. The molecule has 0 saturated carbocycles. The summed E-state index contributed by atoms with van der Waals surface area (Å²) in [7, 11) is 0. The van der Waals surface area contributed by atoms with Crippen LogP contribution in [0.25, 0.3) is 0 Å². The molecule has 1 heterocycles. The number of carbonyl (C=O) groups is 1. The molecular formula is C9H16N2OW. The summed E-state index contributed by atoms with van der Waals surface area (Å²) in [4.78, 5) is 15.9. The van der Waals surface area contributed by atoms with Crippen LogP contribution in [0.5, 0.6) is 0 Å². The van der Waals surface area contributed by atoms with Crippen LogP contribution in [0.3, 0.4) is 0 Å². The third-order valence-corrected chi connectivity index (χ3v) is 3.34. The van der Waals surface area contributed by atoms with Crippen LogP contribution in [0.2, 0.25) is 0 Å². The number of hydrogen-bond acceptors (Lipinski definition) is 2. The molecule has 0 radical (unpaired) electrons. The Morgan fingerprint density at radius 1 is 1.31 bits per heavy atom. The van der Waals surface area contributed by atoms with Gasteiger partial charge in [-0.3, -0.25) is 0 Å². The first-order valence-corrected chi connectivity index (χ1v) is 6.32. The van der Waals surface area contributed by atoms with E-state index in [0.717, 1.165) is 26.2 Å². The average Bonchev–Trinajstić information content (AvgIpc) is 2.17. The maximum atomic E-state index is 11.6. The summed E-state index contributed by atoms with van der Waals surface area (Å²) < 4.78 is 2.18. The zero-order chi connectivity index (χ0) is 9.84. The first-order valence-electron chi connectivity index (χ1n) is 4.63. The Labute approximate surface area is 90.5 Å². The number of hydrogen-bond donors (Lipinski definition) is 0. The second-order valence-electron chi connectivity index (χ2n) is 3.62. The third kappa shape index (κ3) is 2.99. The van der Waals surface area contributed by atoms with Crippen molar-refractivity contribution in [3.05, 3.63) is 0 Å². The van der Waals surface area contributed by atoms with Crippen molar-refractivity contribution in [2.24, 2.45) is 5.92 Å². The molecule has 0 aliphatic carbocycles. The molecule has 0 aromatic rings. The van der Waals surface area contributed by atoms with E-state index in [1.165, 1.54) is 19.4 Å². The van der Waals surface area contributed by atoms with Gasteiger partial charge in [0.2, 0.25) is 0 Å². The molecule has 1 aliphatic heterocycles. The minimum atomic E-state index is 0.141. The fourth-order valence-corrected chi connectivity index (χ4v) is 2.17. The molecule has 1 saturated heterocycles. The maximum absolute atomic E-state index is 11.6. The molecule has 0 unspecified atom stereocenters. The standard InChI is InChI=1S/C9H16N2O.W/c1-8(2)9(12)11-6-4-10(3)5-7-11;/h3,8H,4-7H2,1-2H3;. The van der Waals surface area contributed by atoms with Crippen molar-refractivity contribution in [1.82, 2.24) is 9.80 Å². The zero-order valence-electron chi connectivity index (χ0n) is 8.19. The van der Waals surface area contributed by atoms with Crippen LogP contribution in [0.4, 0.5) is 0 Å². The van der Waals surface area contributed by atoms with Gasteiger partial charge in [0.15, 0.2) is 0 Å². The first-order chi connectivity index (χ1) is 6.15. The normalized spacial score (nSPS) is 19.2. The molecule has 74 valence electrons. The number of rotatable bonds is 2. The minimum absolute atomic E-state index is 0.141. The van der Waals surface area contributed by atoms with Crippen LogP contribution in [0.1, 0.15) is 13.8 Å². The van der Waals surface area contributed by atoms with E-state index < -0.39 is 0 Å². The Kier molecular flexibility index (Phi) is 4.27. The van der Waals surface area contributed by atoms with E-state index in [1.807, 2.05) is 18.7 Å². The fraction of sp³-hybridized carbons (Fsp3) is 0.778. The van der Waals surface area contributed by atoms with Gasteiger partial charge in [-0.2, -0.15) is 0 Å². The summed E-state index contributed by atoms with van der Waals surface area (Å²) in [6.07, 6.45) is 0. The Morgan fingerprint density at radius 3 is 2.23 bits per heavy atom. The van der Waals surface area contributed by atoms with Gasteiger partial charge < -0.3 is 0 Å². The molecule has 0 atom stereocenters. The zero-order valence-corrected chi connectivity index (χ0v) is 11.1. The van der Waals surface area contributed by atoms with Gasteiger partial charge in [-0.1, -0.05) is 0 Å². The van der Waals surface area contributed by atoms with Crippen molar-refractivity contribution >= 4 is 10.4 Å². The molecule has 0 bridgehead atoms. The average molecular weight is 352 g/mol. The van der Waals surface area contributed by atoms with Gasteiger partial charge in [-0.05, 0) is 0 Å². The van der Waals surface area contributed by atoms with E-state index in [-0.39, 0.29) is 5.92 Å². The molecule has 0 spiro atoms. The van der Waals surface area contributed by atoms with Crippen molar-refractivity contribution in [3.63, 3.8) is 0 Å². The van der Waals surface area contributed by atoms with Crippen molar-refractivity contribution in [2.75, 3.05) is 26.2 Å². The van der Waals surface area contributed by atoms with E-state index in [0.29, 0.717) is 5.91 Å². The predicted octanol–water partition coefficient (Wildman–Crippen LogP) is 0.0931. The van der Waals surface area contributed by atoms with Crippen molar-refractivity contribution < 1.29 is 24.1 Å². The molecule has 4 heteroatoms. The van der Waals surface area contributed by atoms with Crippen molar-refractivity contribution in [3.8, 4) is 0 Å². The van der Waals surface area contributed by atoms with Crippen LogP contribution >= 0.6 is 0 Å². The summed E-state index contributed by atoms with van der Waals surface area (Å²) in [5.41, 5.74) is 0. The summed E-state index contributed by atoms with van der Waals surface area (Å²) in [5, 5.41) is 0. The number of carbonyl (C=O) groups excluding carboxylic acids is 1. The van der Waals surface area contributed by atoms with Crippen LogP contribution < -0.4 is 0 Å². The number of amides is 1. The van der Waals surface area contributed by atoms with Gasteiger partial charge in [-0.15, -0.1) is 0 Å². The second kappa shape index (κ2) is 5.02. The van der Waals surface area contributed by atoms with Crippen LogP contribution in [-0.4, -0.2) is 46.4 Å². The van der Waals surface area contributed by atoms with Crippen molar-refractivity contribution in [1.29, 1.82) is 0 Å². The van der Waals surface area contributed by atoms with E-state index >= 15 is 0 Å². The van der Waals surface area contributed by atoms with Crippen molar-refractivity contribution in [2.45, 2.75) is 13.8 Å². The molecule has 1 rings (SSSR count). The summed E-state index contributed by atoms with van der Waals surface area (Å²) in [5.74, 6) is 0.436. The second-order valence-corrected chi connectivity index (χ2v) is 4.38. The molecule has 1 amide bonds. The molecule has 1 fully saturated rings. The number of piperazine rings is 1. The fourth-order valence-electron chi connectivity index (χ4n) is 1.41. The quantitative estimate of drug-likeness (QED) is 0.704. The molecule has 0 aromatic heterocycles. The topological polar surface area (TPSA) is 23.6 Å². The van der Waals surface area contributed by atoms with E-state index in [1.54, 1.807) is 0 Å². The summed E-state index contributed by atoms with van der Waals surface area (Å²) in [6.45, 7) is 7.71. The third-order valence-electron chi connectivity index (χ3n) is 2.27. The number of nitrogens with zero attached hydrogens (tertiary/aromatic N) is 2. The molecular weight excluding hydrogens is 336 g/mol. The predicted molar refractivity (Wildman–Crippen MR) is 49.1 cm³/mol. The van der Waals surface area contributed by atoms with Crippen LogP contribution in [0, 0.1) is 5.92 Å². The molecule has 1 aliphatic rings. The molecule has 0 aromatic carbocycles. The van der Waals surface area contributed by atoms with Gasteiger partial charge in [0, 0.05) is 0 Å². The monoisotopic (exact) mass is 352 g/mol. The molecule has 13 heavy (non-hydrogen) atoms. The van der Waals surface area contributed by atoms with Gasteiger partial charge in [0.1, 0.15) is 0 Å². The van der Waals surface area contributed by atoms with Crippen LogP contribution in [0.15, 0.2) is 0 Å². The SMILES string of the molecule is CC(C)C(=O)N1CCN([CH]=[W])CC1. The Hall–Kier alpha value is -0.0117. The van der Waals surface area contributed by atoms with Gasteiger partial charge in [0.25, 0.3) is 0 Å². The molecule has 3 nitrogen and oxygen atoms in total. The molecule has 0 N–H and O–H groups in total. The Balaban J connectivity index is 2.40. The van der Waals surface area contributed by atoms with Gasteiger partial charge in [-0.25, -0.2) is 0 Å². The Bertz CT molecular complexity index is 198. The Morgan fingerprint density at radius 2 is 1.85 bits per heavy atom.